The first-order valence-electron chi connectivity index (χ1n) is 8.15. The van der Waals surface area contributed by atoms with E-state index in [0.717, 1.165) is 5.56 Å². The van der Waals surface area contributed by atoms with Crippen LogP contribution < -0.4 is 4.90 Å². The van der Waals surface area contributed by atoms with Crippen LogP contribution in [0.25, 0.3) is 0 Å². The van der Waals surface area contributed by atoms with Gasteiger partial charge in [0, 0.05) is 20.0 Å². The van der Waals surface area contributed by atoms with Crippen LogP contribution in [-0.2, 0) is 16.1 Å². The molecule has 0 aromatic heterocycles. The molecule has 5 nitrogen and oxygen atoms in total. The van der Waals surface area contributed by atoms with Crippen LogP contribution in [-0.4, -0.2) is 29.8 Å². The summed E-state index contributed by atoms with van der Waals surface area (Å²) in [6.07, 6.45) is 0. The van der Waals surface area contributed by atoms with E-state index in [1.165, 1.54) is 11.8 Å². The van der Waals surface area contributed by atoms with Gasteiger partial charge < -0.3 is 9.80 Å². The molecule has 0 radical (unpaired) electrons. The Kier molecular flexibility index (Phi) is 6.30. The number of hydrogen-bond acceptors (Lipinski definition) is 3. The maximum absolute atomic E-state index is 12.7. The summed E-state index contributed by atoms with van der Waals surface area (Å²) < 4.78 is 0. The zero-order valence-electron chi connectivity index (χ0n) is 14.5. The van der Waals surface area contributed by atoms with Gasteiger partial charge in [0.1, 0.15) is 12.6 Å². The van der Waals surface area contributed by atoms with Crippen LogP contribution in [0.2, 0.25) is 0 Å². The van der Waals surface area contributed by atoms with Gasteiger partial charge in [-0.2, -0.15) is 5.26 Å². The smallest absolute Gasteiger partial charge is 0.242 e. The minimum Gasteiger partial charge on any atom is -0.337 e. The van der Waals surface area contributed by atoms with Crippen molar-refractivity contribution < 1.29 is 9.59 Å². The number of hydrogen-bond donors (Lipinski definition) is 0. The number of nitriles is 1. The molecular weight excluding hydrogens is 314 g/mol. The van der Waals surface area contributed by atoms with Gasteiger partial charge in [0.15, 0.2) is 0 Å². The zero-order valence-corrected chi connectivity index (χ0v) is 14.5. The number of carbonyl (C=O) groups is 2. The molecule has 0 aliphatic heterocycles. The Balaban J connectivity index is 2.19. The average molecular weight is 335 g/mol. The predicted molar refractivity (Wildman–Crippen MR) is 96.7 cm³/mol. The summed E-state index contributed by atoms with van der Waals surface area (Å²) in [6, 6.07) is 18.6. The Labute approximate surface area is 148 Å². The Morgan fingerprint density at radius 3 is 2.28 bits per heavy atom. The minimum atomic E-state index is -0.271. The number of anilines is 1. The third kappa shape index (κ3) is 4.67. The van der Waals surface area contributed by atoms with Crippen molar-refractivity contribution in [2.75, 3.05) is 18.0 Å². The second-order valence-electron chi connectivity index (χ2n) is 5.63. The van der Waals surface area contributed by atoms with Crippen molar-refractivity contribution in [1.82, 2.24) is 4.90 Å². The number of benzene rings is 2. The van der Waals surface area contributed by atoms with Gasteiger partial charge in [-0.3, -0.25) is 9.59 Å². The number of nitrogens with zero attached hydrogens (tertiary/aromatic N) is 3. The molecule has 5 heteroatoms. The van der Waals surface area contributed by atoms with Gasteiger partial charge in [-0.05, 0) is 24.6 Å². The van der Waals surface area contributed by atoms with E-state index in [1.807, 2.05) is 37.3 Å². The SMILES string of the molecule is CCN(Cc1ccccc1)C(=O)CN(C(C)=O)c1ccccc1C#N. The third-order valence-electron chi connectivity index (χ3n) is 3.94. The summed E-state index contributed by atoms with van der Waals surface area (Å²) in [5.41, 5.74) is 1.86. The van der Waals surface area contributed by atoms with E-state index in [-0.39, 0.29) is 18.4 Å². The summed E-state index contributed by atoms with van der Waals surface area (Å²) in [6.45, 7) is 4.24. The van der Waals surface area contributed by atoms with Crippen LogP contribution >= 0.6 is 0 Å². The summed E-state index contributed by atoms with van der Waals surface area (Å²) in [5.74, 6) is -0.430. The van der Waals surface area contributed by atoms with Gasteiger partial charge >= 0.3 is 0 Å². The van der Waals surface area contributed by atoms with Crippen molar-refractivity contribution in [3.8, 4) is 6.07 Å². The van der Waals surface area contributed by atoms with Gasteiger partial charge in [-0.25, -0.2) is 0 Å². The highest BCUT2D eigenvalue weighted by Crippen LogP contribution is 2.20. The lowest BCUT2D eigenvalue weighted by atomic mass is 10.1. The highest BCUT2D eigenvalue weighted by molar-refractivity contribution is 5.98. The summed E-state index contributed by atoms with van der Waals surface area (Å²) >= 11 is 0. The molecular formula is C20H21N3O2. The third-order valence-corrected chi connectivity index (χ3v) is 3.94. The van der Waals surface area contributed by atoms with Crippen molar-refractivity contribution in [2.24, 2.45) is 0 Å². The summed E-state index contributed by atoms with van der Waals surface area (Å²) in [4.78, 5) is 27.8. The van der Waals surface area contributed by atoms with E-state index >= 15 is 0 Å². The molecule has 0 N–H and O–H groups in total. The molecule has 0 spiro atoms. The van der Waals surface area contributed by atoms with E-state index in [2.05, 4.69) is 6.07 Å². The molecule has 0 saturated carbocycles. The van der Waals surface area contributed by atoms with E-state index in [0.29, 0.717) is 24.3 Å². The molecule has 0 unspecified atom stereocenters. The Morgan fingerprint density at radius 1 is 1.04 bits per heavy atom. The molecule has 0 atom stereocenters. The average Bonchev–Trinajstić information content (AvgIpc) is 2.64. The zero-order chi connectivity index (χ0) is 18.2. The highest BCUT2D eigenvalue weighted by atomic mass is 16.2. The Bertz CT molecular complexity index is 781. The maximum Gasteiger partial charge on any atom is 0.242 e. The van der Waals surface area contributed by atoms with Crippen molar-refractivity contribution in [3.05, 3.63) is 65.7 Å². The van der Waals surface area contributed by atoms with E-state index in [4.69, 9.17) is 0 Å². The van der Waals surface area contributed by atoms with Gasteiger partial charge in [0.05, 0.1) is 11.3 Å². The van der Waals surface area contributed by atoms with Crippen molar-refractivity contribution in [1.29, 1.82) is 5.26 Å². The number of para-hydroxylation sites is 1. The minimum absolute atomic E-state index is 0.0886. The van der Waals surface area contributed by atoms with E-state index < -0.39 is 0 Å². The second-order valence-corrected chi connectivity index (χ2v) is 5.63. The Hall–Kier alpha value is -3.13. The highest BCUT2D eigenvalue weighted by Gasteiger charge is 2.21. The molecule has 0 aliphatic carbocycles. The van der Waals surface area contributed by atoms with Gasteiger partial charge in [0.25, 0.3) is 0 Å². The molecule has 2 rings (SSSR count). The first-order valence-corrected chi connectivity index (χ1v) is 8.15. The molecule has 25 heavy (non-hydrogen) atoms. The predicted octanol–water partition coefficient (Wildman–Crippen LogP) is 2.96. The standard InChI is InChI=1S/C20H21N3O2/c1-3-22(14-17-9-5-4-6-10-17)20(25)15-23(16(2)24)19-12-8-7-11-18(19)13-21/h4-12H,3,14-15H2,1-2H3. The largest absolute Gasteiger partial charge is 0.337 e. The van der Waals surface area contributed by atoms with Crippen LogP contribution in [0.4, 0.5) is 5.69 Å². The number of carbonyl (C=O) groups excluding carboxylic acids is 2. The Morgan fingerprint density at radius 2 is 1.68 bits per heavy atom. The summed E-state index contributed by atoms with van der Waals surface area (Å²) in [7, 11) is 0. The van der Waals surface area contributed by atoms with Gasteiger partial charge in [-0.15, -0.1) is 0 Å². The molecule has 2 aromatic carbocycles. The normalized spacial score (nSPS) is 9.96. The van der Waals surface area contributed by atoms with E-state index in [1.54, 1.807) is 29.2 Å². The van der Waals surface area contributed by atoms with Crippen molar-refractivity contribution >= 4 is 17.5 Å². The number of amides is 2. The second kappa shape index (κ2) is 8.65. The van der Waals surface area contributed by atoms with Crippen LogP contribution in [0.5, 0.6) is 0 Å². The van der Waals surface area contributed by atoms with E-state index in [9.17, 15) is 14.9 Å². The molecule has 0 aliphatic rings. The molecule has 128 valence electrons. The first kappa shape index (κ1) is 18.2. The van der Waals surface area contributed by atoms with Crippen LogP contribution in [0.3, 0.4) is 0 Å². The molecule has 0 heterocycles. The number of likely N-dealkylation sites (N-methyl/N-ethyl adjacent to an activating group) is 1. The van der Waals surface area contributed by atoms with Gasteiger partial charge in [0.2, 0.25) is 11.8 Å². The molecule has 2 amide bonds. The summed E-state index contributed by atoms with van der Waals surface area (Å²) in [5, 5.41) is 9.25. The van der Waals surface area contributed by atoms with Crippen molar-refractivity contribution in [3.63, 3.8) is 0 Å². The maximum atomic E-state index is 12.7. The fourth-order valence-corrected chi connectivity index (χ4v) is 2.59. The van der Waals surface area contributed by atoms with Crippen LogP contribution in [0.1, 0.15) is 25.0 Å². The fourth-order valence-electron chi connectivity index (χ4n) is 2.59. The quantitative estimate of drug-likeness (QED) is 0.815. The molecule has 0 fully saturated rings. The first-order chi connectivity index (χ1) is 12.1. The van der Waals surface area contributed by atoms with Crippen LogP contribution in [0.15, 0.2) is 54.6 Å². The molecule has 0 bridgehead atoms. The fraction of sp³-hybridized carbons (Fsp3) is 0.250. The lowest BCUT2D eigenvalue weighted by Crippen LogP contribution is -2.42. The van der Waals surface area contributed by atoms with Gasteiger partial charge in [-0.1, -0.05) is 42.5 Å². The molecule has 0 saturated heterocycles. The topological polar surface area (TPSA) is 64.4 Å². The monoisotopic (exact) mass is 335 g/mol. The van der Waals surface area contributed by atoms with Crippen molar-refractivity contribution in [2.45, 2.75) is 20.4 Å². The molecule has 2 aromatic rings. The lowest BCUT2D eigenvalue weighted by molar-refractivity contribution is -0.131. The lowest BCUT2D eigenvalue weighted by Gasteiger charge is -2.27. The number of rotatable bonds is 6. The van der Waals surface area contributed by atoms with Crippen LogP contribution in [0, 0.1) is 11.3 Å².